The van der Waals surface area contributed by atoms with Gasteiger partial charge in [0.1, 0.15) is 0 Å². The van der Waals surface area contributed by atoms with E-state index in [4.69, 9.17) is 10.5 Å². The first-order valence-electron chi connectivity index (χ1n) is 5.76. The van der Waals surface area contributed by atoms with E-state index < -0.39 is 0 Å². The van der Waals surface area contributed by atoms with Gasteiger partial charge in [0.2, 0.25) is 5.91 Å². The van der Waals surface area contributed by atoms with E-state index in [0.29, 0.717) is 13.0 Å². The zero-order valence-corrected chi connectivity index (χ0v) is 9.58. The number of nitrogens with two attached hydrogens (primary N) is 1. The van der Waals surface area contributed by atoms with Crippen LogP contribution in [0.25, 0.3) is 0 Å². The summed E-state index contributed by atoms with van der Waals surface area (Å²) in [6, 6.07) is 0. The molecule has 2 N–H and O–H groups in total. The molecule has 1 saturated heterocycles. The van der Waals surface area contributed by atoms with E-state index in [1.165, 1.54) is 0 Å². The van der Waals surface area contributed by atoms with E-state index >= 15 is 0 Å². The van der Waals surface area contributed by atoms with Crippen LogP contribution in [0.15, 0.2) is 0 Å². The highest BCUT2D eigenvalue weighted by molar-refractivity contribution is 5.75. The van der Waals surface area contributed by atoms with Gasteiger partial charge in [-0.3, -0.25) is 4.79 Å². The van der Waals surface area contributed by atoms with E-state index in [9.17, 15) is 4.79 Å². The second-order valence-corrected chi connectivity index (χ2v) is 4.20. The van der Waals surface area contributed by atoms with Crippen molar-refractivity contribution in [1.29, 1.82) is 0 Å². The number of hydrogen-bond acceptors (Lipinski definition) is 3. The minimum Gasteiger partial charge on any atom is -0.381 e. The van der Waals surface area contributed by atoms with Gasteiger partial charge in [-0.15, -0.1) is 0 Å². The molecule has 0 aromatic rings. The van der Waals surface area contributed by atoms with Crippen LogP contribution < -0.4 is 5.73 Å². The van der Waals surface area contributed by atoms with Gasteiger partial charge >= 0.3 is 0 Å². The average molecular weight is 214 g/mol. The predicted molar refractivity (Wildman–Crippen MR) is 59.5 cm³/mol. The van der Waals surface area contributed by atoms with Gasteiger partial charge in [-0.1, -0.05) is 0 Å². The Balaban J connectivity index is 2.14. The molecule has 88 valence electrons. The van der Waals surface area contributed by atoms with Gasteiger partial charge in [0.25, 0.3) is 0 Å². The summed E-state index contributed by atoms with van der Waals surface area (Å²) in [5, 5.41) is 0. The zero-order chi connectivity index (χ0) is 11.1. The van der Waals surface area contributed by atoms with E-state index in [2.05, 4.69) is 0 Å². The molecule has 4 nitrogen and oxygen atoms in total. The molecule has 0 radical (unpaired) electrons. The molecule has 0 bridgehead atoms. The predicted octanol–water partition coefficient (Wildman–Crippen LogP) is 0.610. The van der Waals surface area contributed by atoms with Crippen molar-refractivity contribution >= 4 is 5.91 Å². The first-order chi connectivity index (χ1) is 7.24. The van der Waals surface area contributed by atoms with Crippen LogP contribution in [0.4, 0.5) is 0 Å². The minimum atomic E-state index is 0.157. The highest BCUT2D eigenvalue weighted by Gasteiger charge is 2.15. The summed E-state index contributed by atoms with van der Waals surface area (Å²) >= 11 is 0. The lowest BCUT2D eigenvalue weighted by atomic mass is 9.96. The van der Waals surface area contributed by atoms with Crippen molar-refractivity contribution in [3.63, 3.8) is 0 Å². The monoisotopic (exact) mass is 214 g/mol. The Bertz CT molecular complexity index is 191. The number of nitrogens with zero attached hydrogens (tertiary/aromatic N) is 1. The Hall–Kier alpha value is -0.610. The first-order valence-corrected chi connectivity index (χ1v) is 5.76. The molecular weight excluding hydrogens is 192 g/mol. The summed E-state index contributed by atoms with van der Waals surface area (Å²) in [5.41, 5.74) is 5.34. The Kier molecular flexibility index (Phi) is 5.65. The number of hydrogen-bond donors (Lipinski definition) is 1. The van der Waals surface area contributed by atoms with Gasteiger partial charge in [-0.05, 0) is 25.2 Å². The largest absolute Gasteiger partial charge is 0.381 e. The topological polar surface area (TPSA) is 55.6 Å². The summed E-state index contributed by atoms with van der Waals surface area (Å²) in [5.74, 6) is 0.886. The molecule has 1 heterocycles. The Morgan fingerprint density at radius 2 is 2.13 bits per heavy atom. The van der Waals surface area contributed by atoms with Crippen LogP contribution in [-0.4, -0.2) is 44.2 Å². The summed E-state index contributed by atoms with van der Waals surface area (Å²) in [7, 11) is 1.86. The summed E-state index contributed by atoms with van der Waals surface area (Å²) in [6.45, 7) is 3.06. The van der Waals surface area contributed by atoms with Crippen molar-refractivity contribution in [2.45, 2.75) is 25.7 Å². The van der Waals surface area contributed by atoms with E-state index in [-0.39, 0.29) is 5.91 Å². The van der Waals surface area contributed by atoms with E-state index in [0.717, 1.165) is 44.9 Å². The lowest BCUT2D eigenvalue weighted by Gasteiger charge is -2.24. The van der Waals surface area contributed by atoms with Crippen molar-refractivity contribution in [2.24, 2.45) is 11.7 Å². The summed E-state index contributed by atoms with van der Waals surface area (Å²) in [6.07, 6.45) is 3.83. The smallest absolute Gasteiger partial charge is 0.223 e. The maximum Gasteiger partial charge on any atom is 0.223 e. The van der Waals surface area contributed by atoms with E-state index in [1.54, 1.807) is 4.90 Å². The number of ether oxygens (including phenoxy) is 1. The molecule has 1 fully saturated rings. The minimum absolute atomic E-state index is 0.157. The molecule has 0 aliphatic carbocycles. The van der Waals surface area contributed by atoms with Gasteiger partial charge < -0.3 is 15.4 Å². The number of amides is 1. The van der Waals surface area contributed by atoms with Crippen LogP contribution in [0.3, 0.4) is 0 Å². The number of carbonyl (C=O) groups excluding carboxylic acids is 1. The number of rotatable bonds is 5. The lowest BCUT2D eigenvalue weighted by molar-refractivity contribution is -0.129. The Labute approximate surface area is 91.8 Å². The third-order valence-corrected chi connectivity index (χ3v) is 3.00. The molecule has 1 rings (SSSR count). The number of carbonyl (C=O) groups is 1. The second kappa shape index (κ2) is 6.80. The van der Waals surface area contributed by atoms with Crippen LogP contribution in [0.5, 0.6) is 0 Å². The Morgan fingerprint density at radius 3 is 2.73 bits per heavy atom. The molecule has 15 heavy (non-hydrogen) atoms. The van der Waals surface area contributed by atoms with Crippen LogP contribution in [0.1, 0.15) is 25.7 Å². The molecule has 0 saturated carbocycles. The van der Waals surface area contributed by atoms with Gasteiger partial charge in [-0.2, -0.15) is 0 Å². The van der Waals surface area contributed by atoms with Crippen molar-refractivity contribution in [3.05, 3.63) is 0 Å². The molecule has 0 atom stereocenters. The zero-order valence-electron chi connectivity index (χ0n) is 9.58. The normalized spacial score (nSPS) is 17.7. The van der Waals surface area contributed by atoms with Crippen LogP contribution in [0.2, 0.25) is 0 Å². The summed E-state index contributed by atoms with van der Waals surface area (Å²) < 4.78 is 5.30. The van der Waals surface area contributed by atoms with Gasteiger partial charge in [0.15, 0.2) is 0 Å². The molecule has 0 unspecified atom stereocenters. The second-order valence-electron chi connectivity index (χ2n) is 4.20. The van der Waals surface area contributed by atoms with Crippen LogP contribution in [0, 0.1) is 5.92 Å². The van der Waals surface area contributed by atoms with Crippen molar-refractivity contribution < 1.29 is 9.53 Å². The quantitative estimate of drug-likeness (QED) is 0.729. The summed E-state index contributed by atoms with van der Waals surface area (Å²) in [4.78, 5) is 13.2. The Morgan fingerprint density at radius 1 is 1.47 bits per heavy atom. The molecule has 1 aliphatic heterocycles. The van der Waals surface area contributed by atoms with Gasteiger partial charge in [0.05, 0.1) is 0 Å². The molecule has 0 aromatic carbocycles. The van der Waals surface area contributed by atoms with Gasteiger partial charge in [0, 0.05) is 39.8 Å². The fraction of sp³-hybridized carbons (Fsp3) is 0.909. The maximum absolute atomic E-state index is 11.4. The van der Waals surface area contributed by atoms with Crippen molar-refractivity contribution in [2.75, 3.05) is 33.4 Å². The fourth-order valence-electron chi connectivity index (χ4n) is 1.85. The SMILES string of the molecule is CN(CCC1CCOCC1)C(=O)CCN. The molecule has 0 spiro atoms. The van der Waals surface area contributed by atoms with Crippen molar-refractivity contribution in [1.82, 2.24) is 4.90 Å². The van der Waals surface area contributed by atoms with E-state index in [1.807, 2.05) is 7.05 Å². The standard InChI is InChI=1S/C11H22N2O2/c1-13(11(14)2-6-12)7-3-10-4-8-15-9-5-10/h10H,2-9,12H2,1H3. The molecule has 1 aliphatic rings. The lowest BCUT2D eigenvalue weighted by Crippen LogP contribution is -2.31. The highest BCUT2D eigenvalue weighted by atomic mass is 16.5. The fourth-order valence-corrected chi connectivity index (χ4v) is 1.85. The third-order valence-electron chi connectivity index (χ3n) is 3.00. The third kappa shape index (κ3) is 4.62. The average Bonchev–Trinajstić information content (AvgIpc) is 2.27. The molecular formula is C11H22N2O2. The highest BCUT2D eigenvalue weighted by Crippen LogP contribution is 2.18. The van der Waals surface area contributed by atoms with Crippen LogP contribution >= 0.6 is 0 Å². The molecule has 1 amide bonds. The van der Waals surface area contributed by atoms with Crippen molar-refractivity contribution in [3.8, 4) is 0 Å². The first kappa shape index (κ1) is 12.5. The maximum atomic E-state index is 11.4. The van der Waals surface area contributed by atoms with Crippen LogP contribution in [-0.2, 0) is 9.53 Å². The van der Waals surface area contributed by atoms with Gasteiger partial charge in [-0.25, -0.2) is 0 Å². The molecule has 4 heteroatoms. The molecule has 0 aromatic heterocycles.